The summed E-state index contributed by atoms with van der Waals surface area (Å²) in [5, 5.41) is 6.38. The van der Waals surface area contributed by atoms with Crippen molar-refractivity contribution >= 4 is 23.0 Å². The minimum Gasteiger partial charge on any atom is -0.362 e. The molecule has 0 spiro atoms. The second-order valence-corrected chi connectivity index (χ2v) is 4.57. The first-order valence-corrected chi connectivity index (χ1v) is 5.71. The predicted molar refractivity (Wildman–Crippen MR) is 70.2 cm³/mol. The number of anilines is 1. The molecule has 0 atom stereocenters. The first kappa shape index (κ1) is 12.9. The van der Waals surface area contributed by atoms with E-state index in [-0.39, 0.29) is 5.82 Å². The van der Waals surface area contributed by atoms with Crippen LogP contribution in [0.1, 0.15) is 19.4 Å². The van der Waals surface area contributed by atoms with E-state index in [0.717, 1.165) is 12.1 Å². The first-order chi connectivity index (χ1) is 7.50. The standard InChI is InChI=1S/C12H17FN2S/c1-8(2)7-14-12(16)15-11-9(3)5-4-6-10(11)13/h4-6,8H,7H2,1-3H3,(H2,14,15,16). The molecule has 0 fully saturated rings. The molecule has 0 saturated carbocycles. The molecule has 88 valence electrons. The SMILES string of the molecule is Cc1cccc(F)c1NC(=S)NCC(C)C. The highest BCUT2D eigenvalue weighted by molar-refractivity contribution is 7.80. The third-order valence-electron chi connectivity index (χ3n) is 2.13. The van der Waals surface area contributed by atoms with Crippen molar-refractivity contribution in [1.82, 2.24) is 5.32 Å². The van der Waals surface area contributed by atoms with Crippen LogP contribution in [0.4, 0.5) is 10.1 Å². The summed E-state index contributed by atoms with van der Waals surface area (Å²) in [6, 6.07) is 4.94. The van der Waals surface area contributed by atoms with E-state index in [2.05, 4.69) is 24.5 Å². The lowest BCUT2D eigenvalue weighted by molar-refractivity contribution is 0.624. The Morgan fingerprint density at radius 3 is 2.69 bits per heavy atom. The van der Waals surface area contributed by atoms with Gasteiger partial charge in [-0.1, -0.05) is 26.0 Å². The zero-order valence-electron chi connectivity index (χ0n) is 9.80. The van der Waals surface area contributed by atoms with Gasteiger partial charge in [-0.3, -0.25) is 0 Å². The van der Waals surface area contributed by atoms with E-state index in [1.165, 1.54) is 6.07 Å². The van der Waals surface area contributed by atoms with Crippen molar-refractivity contribution < 1.29 is 4.39 Å². The summed E-state index contributed by atoms with van der Waals surface area (Å²) < 4.78 is 13.5. The lowest BCUT2D eigenvalue weighted by Crippen LogP contribution is -2.31. The van der Waals surface area contributed by atoms with Crippen LogP contribution >= 0.6 is 12.2 Å². The maximum absolute atomic E-state index is 13.5. The Kier molecular flexibility index (Phi) is 4.68. The van der Waals surface area contributed by atoms with E-state index in [9.17, 15) is 4.39 Å². The summed E-state index contributed by atoms with van der Waals surface area (Å²) >= 11 is 5.08. The maximum Gasteiger partial charge on any atom is 0.170 e. The van der Waals surface area contributed by atoms with Crippen molar-refractivity contribution in [2.75, 3.05) is 11.9 Å². The fourth-order valence-electron chi connectivity index (χ4n) is 1.24. The summed E-state index contributed by atoms with van der Waals surface area (Å²) in [6.45, 7) is 6.80. The number of rotatable bonds is 3. The highest BCUT2D eigenvalue weighted by Gasteiger charge is 2.06. The van der Waals surface area contributed by atoms with Crippen LogP contribution in [0.5, 0.6) is 0 Å². The summed E-state index contributed by atoms with van der Waals surface area (Å²) in [5.74, 6) is 0.218. The fourth-order valence-corrected chi connectivity index (χ4v) is 1.43. The maximum atomic E-state index is 13.5. The van der Waals surface area contributed by atoms with Crippen LogP contribution < -0.4 is 10.6 Å². The van der Waals surface area contributed by atoms with Gasteiger partial charge in [0.15, 0.2) is 5.11 Å². The average Bonchev–Trinajstić information content (AvgIpc) is 2.21. The van der Waals surface area contributed by atoms with Crippen LogP contribution in [-0.4, -0.2) is 11.7 Å². The molecule has 0 aliphatic heterocycles. The van der Waals surface area contributed by atoms with Gasteiger partial charge in [0.2, 0.25) is 0 Å². The monoisotopic (exact) mass is 240 g/mol. The van der Waals surface area contributed by atoms with Crippen LogP contribution in [0.25, 0.3) is 0 Å². The molecular formula is C12H17FN2S. The molecule has 0 amide bonds. The molecule has 0 saturated heterocycles. The molecule has 4 heteroatoms. The predicted octanol–water partition coefficient (Wildman–Crippen LogP) is 3.08. The zero-order valence-corrected chi connectivity index (χ0v) is 10.6. The van der Waals surface area contributed by atoms with Gasteiger partial charge in [0.1, 0.15) is 5.82 Å². The number of benzene rings is 1. The largest absolute Gasteiger partial charge is 0.362 e. The molecule has 0 aliphatic carbocycles. The highest BCUT2D eigenvalue weighted by Crippen LogP contribution is 2.18. The third-order valence-corrected chi connectivity index (χ3v) is 2.38. The lowest BCUT2D eigenvalue weighted by Gasteiger charge is -2.14. The minimum atomic E-state index is -0.284. The average molecular weight is 240 g/mol. The molecule has 2 nitrogen and oxygen atoms in total. The Bertz CT molecular complexity index is 357. The highest BCUT2D eigenvalue weighted by atomic mass is 32.1. The van der Waals surface area contributed by atoms with Crippen molar-refractivity contribution in [3.63, 3.8) is 0 Å². The second kappa shape index (κ2) is 5.80. The lowest BCUT2D eigenvalue weighted by atomic mass is 10.2. The van der Waals surface area contributed by atoms with Gasteiger partial charge in [0.25, 0.3) is 0 Å². The van der Waals surface area contributed by atoms with Gasteiger partial charge < -0.3 is 10.6 Å². The number of thiocarbonyl (C=S) groups is 1. The van der Waals surface area contributed by atoms with Crippen LogP contribution in [0.15, 0.2) is 18.2 Å². The molecule has 2 N–H and O–H groups in total. The van der Waals surface area contributed by atoms with Crippen molar-refractivity contribution in [2.45, 2.75) is 20.8 Å². The number of hydrogen-bond donors (Lipinski definition) is 2. The van der Waals surface area contributed by atoms with E-state index >= 15 is 0 Å². The van der Waals surface area contributed by atoms with Crippen LogP contribution in [0.3, 0.4) is 0 Å². The number of aryl methyl sites for hydroxylation is 1. The van der Waals surface area contributed by atoms with Gasteiger partial charge in [-0.25, -0.2) is 4.39 Å². The summed E-state index contributed by atoms with van der Waals surface area (Å²) in [5.41, 5.74) is 1.29. The molecule has 0 aromatic heterocycles. The molecule has 0 heterocycles. The molecule has 16 heavy (non-hydrogen) atoms. The first-order valence-electron chi connectivity index (χ1n) is 5.30. The molecule has 1 aromatic carbocycles. The van der Waals surface area contributed by atoms with Crippen LogP contribution in [0.2, 0.25) is 0 Å². The topological polar surface area (TPSA) is 24.1 Å². The Hall–Kier alpha value is -1.16. The third kappa shape index (κ3) is 3.77. The molecule has 0 radical (unpaired) electrons. The van der Waals surface area contributed by atoms with Gasteiger partial charge >= 0.3 is 0 Å². The molecule has 0 unspecified atom stereocenters. The van der Waals surface area contributed by atoms with Gasteiger partial charge in [0.05, 0.1) is 5.69 Å². The number of halogens is 1. The van der Waals surface area contributed by atoms with Crippen molar-refractivity contribution in [3.05, 3.63) is 29.6 Å². The summed E-state index contributed by atoms with van der Waals surface area (Å²) in [6.07, 6.45) is 0. The van der Waals surface area contributed by atoms with Gasteiger partial charge in [-0.2, -0.15) is 0 Å². The quantitative estimate of drug-likeness (QED) is 0.794. The fraction of sp³-hybridized carbons (Fsp3) is 0.417. The minimum absolute atomic E-state index is 0.284. The Morgan fingerprint density at radius 1 is 1.44 bits per heavy atom. The number of nitrogens with one attached hydrogen (secondary N) is 2. The van der Waals surface area contributed by atoms with Gasteiger partial charge in [0, 0.05) is 6.54 Å². The van der Waals surface area contributed by atoms with E-state index < -0.39 is 0 Å². The Balaban J connectivity index is 2.63. The van der Waals surface area contributed by atoms with E-state index in [4.69, 9.17) is 12.2 Å². The second-order valence-electron chi connectivity index (χ2n) is 4.16. The summed E-state index contributed by atoms with van der Waals surface area (Å²) in [4.78, 5) is 0. The molecule has 1 aromatic rings. The van der Waals surface area contributed by atoms with E-state index in [1.807, 2.05) is 13.0 Å². The normalized spacial score (nSPS) is 10.3. The van der Waals surface area contributed by atoms with E-state index in [1.54, 1.807) is 6.07 Å². The van der Waals surface area contributed by atoms with Crippen molar-refractivity contribution in [2.24, 2.45) is 5.92 Å². The van der Waals surface area contributed by atoms with Crippen LogP contribution in [-0.2, 0) is 0 Å². The van der Waals surface area contributed by atoms with E-state index in [0.29, 0.717) is 16.7 Å². The van der Waals surface area contributed by atoms with Gasteiger partial charge in [-0.05, 0) is 36.7 Å². The number of hydrogen-bond acceptors (Lipinski definition) is 1. The summed E-state index contributed by atoms with van der Waals surface area (Å²) in [7, 11) is 0. The number of para-hydroxylation sites is 1. The molecule has 0 bridgehead atoms. The molecule has 1 rings (SSSR count). The molecule has 0 aliphatic rings. The Morgan fingerprint density at radius 2 is 2.12 bits per heavy atom. The van der Waals surface area contributed by atoms with Crippen molar-refractivity contribution in [3.8, 4) is 0 Å². The Labute approximate surface area is 101 Å². The smallest absolute Gasteiger partial charge is 0.170 e. The molecular weight excluding hydrogens is 223 g/mol. The van der Waals surface area contributed by atoms with Gasteiger partial charge in [-0.15, -0.1) is 0 Å². The zero-order chi connectivity index (χ0) is 12.1. The van der Waals surface area contributed by atoms with Crippen LogP contribution in [0, 0.1) is 18.7 Å². The van der Waals surface area contributed by atoms with Crippen molar-refractivity contribution in [1.29, 1.82) is 0 Å².